The Kier molecular flexibility index (Phi) is 55.1. The second-order valence-corrected chi connectivity index (χ2v) is 22.7. The van der Waals surface area contributed by atoms with Gasteiger partial charge in [0.15, 0.2) is 24.6 Å². The fraction of sp³-hybridized carbons (Fsp3) is 0.699. The zero-order valence-corrected chi connectivity index (χ0v) is 53.6. The molecule has 12 heteroatoms. The Morgan fingerprint density at radius 1 is 0.400 bits per heavy atom. The van der Waals surface area contributed by atoms with E-state index in [1.807, 2.05) is 12.2 Å². The van der Waals surface area contributed by atoms with E-state index in [1.165, 1.54) is 103 Å². The zero-order chi connectivity index (χ0) is 61.7. The minimum absolute atomic E-state index is 0.0506. The van der Waals surface area contributed by atoms with E-state index in [9.17, 15) is 34.5 Å². The highest BCUT2D eigenvalue weighted by molar-refractivity contribution is 5.74. The lowest BCUT2D eigenvalue weighted by atomic mass is 9.98. The van der Waals surface area contributed by atoms with Crippen molar-refractivity contribution in [3.63, 3.8) is 0 Å². The van der Waals surface area contributed by atoms with Gasteiger partial charge in [0.25, 0.3) is 0 Å². The number of aliphatic carboxylic acids is 1. The SMILES string of the molecule is CC/C=C\C/C=C\C/C=C\C/C=C\C/C=C\C/C=C\CCC(=O)OCC(COC1OC(C(=O)O)C(O)C(O)C1OC(=O)CCCCCCCCCCCCCCCCCCC)OC(=O)CCCCCCCC/C=C\C/C=C\C/C=C\CCCCC. The highest BCUT2D eigenvalue weighted by Crippen LogP contribution is 2.27. The molecule has 0 saturated carbocycles. The van der Waals surface area contributed by atoms with Gasteiger partial charge < -0.3 is 39.0 Å². The number of hydrogen-bond acceptors (Lipinski definition) is 11. The molecule has 1 aliphatic rings. The van der Waals surface area contributed by atoms with Gasteiger partial charge in [-0.25, -0.2) is 4.79 Å². The first-order chi connectivity index (χ1) is 41.6. The number of carboxylic acid groups (broad SMARTS) is 1. The molecule has 3 N–H and O–H groups in total. The van der Waals surface area contributed by atoms with Crippen LogP contribution in [0, 0.1) is 0 Å². The molecule has 0 amide bonds. The normalized spacial score (nSPS) is 18.2. The molecule has 0 aliphatic carbocycles. The summed E-state index contributed by atoms with van der Waals surface area (Å²) in [6.07, 6.45) is 69.1. The molecule has 0 bridgehead atoms. The molecule has 0 spiro atoms. The molecular weight excluding hydrogens is 1070 g/mol. The van der Waals surface area contributed by atoms with E-state index in [-0.39, 0.29) is 25.9 Å². The van der Waals surface area contributed by atoms with E-state index in [1.54, 1.807) is 0 Å². The molecule has 0 aromatic heterocycles. The van der Waals surface area contributed by atoms with Gasteiger partial charge in [0, 0.05) is 19.3 Å². The maximum Gasteiger partial charge on any atom is 0.335 e. The van der Waals surface area contributed by atoms with Gasteiger partial charge in [-0.05, 0) is 96.3 Å². The molecule has 1 saturated heterocycles. The molecule has 0 aromatic rings. The topological polar surface area (TPSA) is 175 Å². The van der Waals surface area contributed by atoms with Crippen LogP contribution in [0.1, 0.15) is 278 Å². The fourth-order valence-electron chi connectivity index (χ4n) is 9.70. The smallest absolute Gasteiger partial charge is 0.335 e. The van der Waals surface area contributed by atoms with Crippen LogP contribution >= 0.6 is 0 Å². The lowest BCUT2D eigenvalue weighted by Gasteiger charge is -2.40. The summed E-state index contributed by atoms with van der Waals surface area (Å²) < 4.78 is 28.5. The monoisotopic (exact) mass is 1190 g/mol. The number of rotatable bonds is 57. The second-order valence-electron chi connectivity index (χ2n) is 22.7. The van der Waals surface area contributed by atoms with Crippen molar-refractivity contribution in [2.24, 2.45) is 0 Å². The van der Waals surface area contributed by atoms with Crippen molar-refractivity contribution in [3.8, 4) is 0 Å². The zero-order valence-electron chi connectivity index (χ0n) is 53.6. The Balaban J connectivity index is 2.71. The van der Waals surface area contributed by atoms with Crippen LogP contribution in [-0.2, 0) is 42.9 Å². The lowest BCUT2D eigenvalue weighted by Crippen LogP contribution is -2.61. The predicted molar refractivity (Wildman–Crippen MR) is 349 cm³/mol. The summed E-state index contributed by atoms with van der Waals surface area (Å²) in [7, 11) is 0. The van der Waals surface area contributed by atoms with Gasteiger partial charge in [-0.2, -0.15) is 0 Å². The molecule has 0 radical (unpaired) electrons. The van der Waals surface area contributed by atoms with Gasteiger partial charge >= 0.3 is 23.9 Å². The maximum atomic E-state index is 13.2. The lowest BCUT2D eigenvalue weighted by molar-refractivity contribution is -0.301. The number of carbonyl (C=O) groups is 4. The van der Waals surface area contributed by atoms with E-state index >= 15 is 0 Å². The first-order valence-corrected chi connectivity index (χ1v) is 33.9. The van der Waals surface area contributed by atoms with E-state index in [0.29, 0.717) is 19.3 Å². The summed E-state index contributed by atoms with van der Waals surface area (Å²) in [6, 6.07) is 0. The van der Waals surface area contributed by atoms with Crippen LogP contribution < -0.4 is 0 Å². The third kappa shape index (κ3) is 49.1. The molecule has 0 aromatic carbocycles. The van der Waals surface area contributed by atoms with Crippen molar-refractivity contribution in [1.82, 2.24) is 0 Å². The summed E-state index contributed by atoms with van der Waals surface area (Å²) in [5.41, 5.74) is 0. The van der Waals surface area contributed by atoms with Crippen molar-refractivity contribution in [1.29, 1.82) is 0 Å². The number of esters is 3. The Hall–Kier alpha value is -4.62. The fourth-order valence-corrected chi connectivity index (χ4v) is 9.70. The highest BCUT2D eigenvalue weighted by atomic mass is 16.7. The van der Waals surface area contributed by atoms with Crippen LogP contribution in [0.25, 0.3) is 0 Å². The van der Waals surface area contributed by atoms with Crippen LogP contribution in [-0.4, -0.2) is 89.2 Å². The van der Waals surface area contributed by atoms with Gasteiger partial charge in [-0.1, -0.05) is 271 Å². The standard InChI is InChI=1S/C73H120O12/c1-4-7-10-13-16-19-22-25-28-31-33-36-38-41-44-47-50-53-56-59-65(74)81-62-64(83-66(75)60-57-54-51-48-45-42-40-37-34-32-29-26-23-20-17-14-11-8-5-2)63-82-73-71(69(78)68(77)70(85-73)72(79)80)84-67(76)61-58-55-52-49-46-43-39-35-30-27-24-21-18-15-12-9-6-3/h7,10,16-17,19-20,25-26,28-29,33-34,36-37,41,44,50,53,64,68-71,73,77-78H,4-6,8-9,11-15,18,21-24,27,30-32,35,38-40,42-43,45-49,51-52,54-63H2,1-3H3,(H,79,80)/b10-7-,19-16-,20-17-,28-25-,29-26-,36-33-,37-34-,44-41-,53-50-. The van der Waals surface area contributed by atoms with E-state index in [4.69, 9.17) is 23.7 Å². The minimum atomic E-state index is -1.92. The van der Waals surface area contributed by atoms with Gasteiger partial charge in [0.05, 0.1) is 6.61 Å². The first kappa shape index (κ1) is 78.4. The Morgan fingerprint density at radius 2 is 0.765 bits per heavy atom. The third-order valence-electron chi connectivity index (χ3n) is 14.8. The molecule has 1 heterocycles. The largest absolute Gasteiger partial charge is 0.479 e. The van der Waals surface area contributed by atoms with E-state index in [2.05, 4.69) is 118 Å². The number of aliphatic hydroxyl groups excluding tert-OH is 2. The molecule has 1 fully saturated rings. The van der Waals surface area contributed by atoms with Gasteiger partial charge in [0.1, 0.15) is 18.8 Å². The molecule has 484 valence electrons. The van der Waals surface area contributed by atoms with Crippen molar-refractivity contribution >= 4 is 23.9 Å². The van der Waals surface area contributed by atoms with Gasteiger partial charge in [-0.15, -0.1) is 0 Å². The minimum Gasteiger partial charge on any atom is -0.479 e. The summed E-state index contributed by atoms with van der Waals surface area (Å²) in [4.78, 5) is 51.4. The molecule has 12 nitrogen and oxygen atoms in total. The number of carboxylic acids is 1. The third-order valence-corrected chi connectivity index (χ3v) is 14.8. The first-order valence-electron chi connectivity index (χ1n) is 33.9. The average molecular weight is 1190 g/mol. The number of unbranched alkanes of at least 4 members (excludes halogenated alkanes) is 25. The molecule has 1 aliphatic heterocycles. The molecule has 85 heavy (non-hydrogen) atoms. The highest BCUT2D eigenvalue weighted by Gasteiger charge is 2.50. The molecule has 6 atom stereocenters. The van der Waals surface area contributed by atoms with Crippen molar-refractivity contribution in [2.45, 2.75) is 314 Å². The second kappa shape index (κ2) is 59.7. The van der Waals surface area contributed by atoms with Crippen LogP contribution in [0.5, 0.6) is 0 Å². The summed E-state index contributed by atoms with van der Waals surface area (Å²) in [5.74, 6) is -3.24. The maximum absolute atomic E-state index is 13.2. The predicted octanol–water partition coefficient (Wildman–Crippen LogP) is 18.6. The van der Waals surface area contributed by atoms with Crippen molar-refractivity contribution < 1.29 is 58.2 Å². The Bertz CT molecular complexity index is 1890. The summed E-state index contributed by atoms with van der Waals surface area (Å²) >= 11 is 0. The summed E-state index contributed by atoms with van der Waals surface area (Å²) in [6.45, 7) is 5.81. The van der Waals surface area contributed by atoms with Crippen LogP contribution in [0.15, 0.2) is 109 Å². The summed E-state index contributed by atoms with van der Waals surface area (Å²) in [5, 5.41) is 31.6. The number of hydrogen-bond donors (Lipinski definition) is 3. The average Bonchev–Trinajstić information content (AvgIpc) is 3.46. The van der Waals surface area contributed by atoms with Crippen molar-refractivity contribution in [3.05, 3.63) is 109 Å². The molecule has 1 rings (SSSR count). The van der Waals surface area contributed by atoms with Crippen molar-refractivity contribution in [2.75, 3.05) is 13.2 Å². The van der Waals surface area contributed by atoms with E-state index in [0.717, 1.165) is 116 Å². The molecular formula is C73H120O12. The quantitative estimate of drug-likeness (QED) is 0.0228. The van der Waals surface area contributed by atoms with Gasteiger partial charge in [0.2, 0.25) is 0 Å². The van der Waals surface area contributed by atoms with E-state index < -0.39 is 67.3 Å². The van der Waals surface area contributed by atoms with Crippen LogP contribution in [0.3, 0.4) is 0 Å². The van der Waals surface area contributed by atoms with Crippen LogP contribution in [0.4, 0.5) is 0 Å². The number of allylic oxidation sites excluding steroid dienone is 18. The Labute approximate surface area is 516 Å². The van der Waals surface area contributed by atoms with Gasteiger partial charge in [-0.3, -0.25) is 14.4 Å². The number of aliphatic hydroxyl groups is 2. The number of carbonyl (C=O) groups excluding carboxylic acids is 3. The molecule has 6 unspecified atom stereocenters. The Morgan fingerprint density at radius 3 is 1.20 bits per heavy atom. The van der Waals surface area contributed by atoms with Crippen LogP contribution in [0.2, 0.25) is 0 Å². The number of ether oxygens (including phenoxy) is 5.